The lowest BCUT2D eigenvalue weighted by Gasteiger charge is -2.24. The van der Waals surface area contributed by atoms with Gasteiger partial charge in [0.1, 0.15) is 0 Å². The van der Waals surface area contributed by atoms with Gasteiger partial charge in [0.25, 0.3) is 0 Å². The van der Waals surface area contributed by atoms with Crippen LogP contribution in [0.5, 0.6) is 0 Å². The van der Waals surface area contributed by atoms with Gasteiger partial charge in [0.05, 0.1) is 6.04 Å². The number of rotatable bonds is 3. The molecule has 0 amide bonds. The summed E-state index contributed by atoms with van der Waals surface area (Å²) in [5.41, 5.74) is 6.58. The summed E-state index contributed by atoms with van der Waals surface area (Å²) in [6.07, 6.45) is 0. The van der Waals surface area contributed by atoms with Gasteiger partial charge in [-0.1, -0.05) is 41.9 Å². The van der Waals surface area contributed by atoms with Crippen LogP contribution in [0.2, 0.25) is 5.02 Å². The third-order valence-electron chi connectivity index (χ3n) is 3.87. The van der Waals surface area contributed by atoms with Crippen molar-refractivity contribution in [3.8, 4) is 0 Å². The Morgan fingerprint density at radius 1 is 1.30 bits per heavy atom. The second kappa shape index (κ2) is 5.78. The Morgan fingerprint density at radius 2 is 2.10 bits per heavy atom. The molecule has 0 saturated heterocycles. The fraction of sp³-hybridized carbons (Fsp3) is 0.250. The Hall–Kier alpha value is -1.00. The number of halogens is 1. The van der Waals surface area contributed by atoms with Crippen LogP contribution in [0.15, 0.2) is 47.4 Å². The number of fused-ring (bicyclic) bond motifs is 1. The van der Waals surface area contributed by atoms with Gasteiger partial charge in [-0.05, 0) is 35.7 Å². The number of benzene rings is 2. The average Bonchev–Trinajstić information content (AvgIpc) is 2.88. The van der Waals surface area contributed by atoms with Crippen molar-refractivity contribution in [1.82, 2.24) is 5.43 Å². The van der Waals surface area contributed by atoms with Crippen molar-refractivity contribution in [1.29, 1.82) is 0 Å². The molecular weight excluding hydrogens is 288 g/mol. The lowest BCUT2D eigenvalue weighted by molar-refractivity contribution is 0.485. The maximum atomic E-state index is 6.25. The van der Waals surface area contributed by atoms with E-state index in [1.165, 1.54) is 10.5 Å². The van der Waals surface area contributed by atoms with E-state index in [9.17, 15) is 0 Å². The molecule has 0 spiro atoms. The molecular formula is C16H17ClN2S. The number of thioether (sulfide) groups is 1. The molecule has 1 heterocycles. The van der Waals surface area contributed by atoms with Gasteiger partial charge < -0.3 is 0 Å². The highest BCUT2D eigenvalue weighted by molar-refractivity contribution is 7.99. The molecule has 1 aliphatic rings. The van der Waals surface area contributed by atoms with Crippen LogP contribution in [0.25, 0.3) is 0 Å². The summed E-state index contributed by atoms with van der Waals surface area (Å²) in [7, 11) is 0. The Kier molecular flexibility index (Phi) is 4.03. The smallest absolute Gasteiger partial charge is 0.0537 e. The highest BCUT2D eigenvalue weighted by Crippen LogP contribution is 2.45. The van der Waals surface area contributed by atoms with Crippen LogP contribution in [0.4, 0.5) is 0 Å². The van der Waals surface area contributed by atoms with E-state index in [0.29, 0.717) is 5.92 Å². The Morgan fingerprint density at radius 3 is 2.85 bits per heavy atom. The van der Waals surface area contributed by atoms with Crippen molar-refractivity contribution in [2.24, 2.45) is 5.84 Å². The third kappa shape index (κ3) is 2.47. The van der Waals surface area contributed by atoms with Crippen LogP contribution in [-0.4, -0.2) is 5.75 Å². The van der Waals surface area contributed by atoms with E-state index >= 15 is 0 Å². The summed E-state index contributed by atoms with van der Waals surface area (Å²) < 4.78 is 0. The number of hydrogen-bond acceptors (Lipinski definition) is 3. The first-order chi connectivity index (χ1) is 9.70. The van der Waals surface area contributed by atoms with E-state index in [0.717, 1.165) is 21.9 Å². The van der Waals surface area contributed by atoms with Crippen LogP contribution in [0.3, 0.4) is 0 Å². The molecule has 20 heavy (non-hydrogen) atoms. The Labute approximate surface area is 128 Å². The van der Waals surface area contributed by atoms with E-state index in [1.807, 2.05) is 24.8 Å². The second-order valence-electron chi connectivity index (χ2n) is 5.11. The van der Waals surface area contributed by atoms with Crippen molar-refractivity contribution < 1.29 is 0 Å². The lowest BCUT2D eigenvalue weighted by Crippen LogP contribution is -2.32. The molecule has 0 aromatic heterocycles. The Bertz CT molecular complexity index is 630. The van der Waals surface area contributed by atoms with Crippen molar-refractivity contribution >= 4 is 23.4 Å². The first kappa shape index (κ1) is 14.0. The minimum absolute atomic E-state index is 0.0873. The number of nitrogens with two attached hydrogens (primary N) is 1. The van der Waals surface area contributed by atoms with Crippen LogP contribution in [0, 0.1) is 6.92 Å². The van der Waals surface area contributed by atoms with Gasteiger partial charge in [-0.15, -0.1) is 11.8 Å². The van der Waals surface area contributed by atoms with Gasteiger partial charge in [0, 0.05) is 21.6 Å². The molecule has 104 valence electrons. The fourth-order valence-electron chi connectivity index (χ4n) is 2.71. The van der Waals surface area contributed by atoms with Gasteiger partial charge in [-0.3, -0.25) is 11.3 Å². The molecule has 3 N–H and O–H groups in total. The van der Waals surface area contributed by atoms with Gasteiger partial charge in [0.15, 0.2) is 0 Å². The minimum atomic E-state index is 0.0873. The zero-order chi connectivity index (χ0) is 14.1. The molecule has 2 aromatic carbocycles. The quantitative estimate of drug-likeness (QED) is 0.664. The molecule has 2 atom stereocenters. The van der Waals surface area contributed by atoms with Gasteiger partial charge in [-0.2, -0.15) is 0 Å². The maximum Gasteiger partial charge on any atom is 0.0537 e. The largest absolute Gasteiger partial charge is 0.271 e. The zero-order valence-electron chi connectivity index (χ0n) is 11.3. The number of hydrazine groups is 1. The molecule has 2 unspecified atom stereocenters. The number of aryl methyl sites for hydroxylation is 1. The van der Waals surface area contributed by atoms with E-state index in [1.54, 1.807) is 0 Å². The van der Waals surface area contributed by atoms with Crippen LogP contribution in [-0.2, 0) is 0 Å². The zero-order valence-corrected chi connectivity index (χ0v) is 12.8. The summed E-state index contributed by atoms with van der Waals surface area (Å²) in [4.78, 5) is 1.36. The standard InChI is InChI=1S/C16H17ClN2S/c1-10-6-7-11(8-14(10)17)16(19-18)13-9-20-15-5-3-2-4-12(13)15/h2-8,13,16,19H,9,18H2,1H3. The number of nitrogens with one attached hydrogen (secondary N) is 1. The monoisotopic (exact) mass is 304 g/mol. The average molecular weight is 305 g/mol. The minimum Gasteiger partial charge on any atom is -0.271 e. The van der Waals surface area contributed by atoms with Crippen LogP contribution < -0.4 is 11.3 Å². The SMILES string of the molecule is Cc1ccc(C(NN)C2CSc3ccccc32)cc1Cl. The molecule has 1 aliphatic heterocycles. The third-order valence-corrected chi connectivity index (χ3v) is 5.49. The first-order valence-electron chi connectivity index (χ1n) is 6.64. The molecule has 4 heteroatoms. The second-order valence-corrected chi connectivity index (χ2v) is 6.58. The normalized spacial score (nSPS) is 18.9. The van der Waals surface area contributed by atoms with Crippen molar-refractivity contribution in [2.75, 3.05) is 5.75 Å². The van der Waals surface area contributed by atoms with E-state index in [2.05, 4.69) is 41.8 Å². The van der Waals surface area contributed by atoms with Crippen LogP contribution >= 0.6 is 23.4 Å². The molecule has 0 radical (unpaired) electrons. The van der Waals surface area contributed by atoms with E-state index in [-0.39, 0.29) is 6.04 Å². The number of hydrogen-bond donors (Lipinski definition) is 2. The van der Waals surface area contributed by atoms with E-state index in [4.69, 9.17) is 17.4 Å². The summed E-state index contributed by atoms with van der Waals surface area (Å²) in [6.45, 7) is 2.01. The van der Waals surface area contributed by atoms with Gasteiger partial charge in [0.2, 0.25) is 0 Å². The molecule has 0 aliphatic carbocycles. The van der Waals surface area contributed by atoms with Crippen molar-refractivity contribution in [3.05, 3.63) is 64.2 Å². The summed E-state index contributed by atoms with van der Waals surface area (Å²) >= 11 is 8.14. The lowest BCUT2D eigenvalue weighted by atomic mass is 9.88. The fourth-order valence-corrected chi connectivity index (χ4v) is 4.19. The topological polar surface area (TPSA) is 38.0 Å². The maximum absolute atomic E-state index is 6.25. The van der Waals surface area contributed by atoms with Crippen molar-refractivity contribution in [3.63, 3.8) is 0 Å². The molecule has 3 rings (SSSR count). The molecule has 0 saturated carbocycles. The first-order valence-corrected chi connectivity index (χ1v) is 8.01. The van der Waals surface area contributed by atoms with Gasteiger partial charge >= 0.3 is 0 Å². The van der Waals surface area contributed by atoms with Crippen molar-refractivity contribution in [2.45, 2.75) is 23.8 Å². The molecule has 0 bridgehead atoms. The Balaban J connectivity index is 1.97. The highest BCUT2D eigenvalue weighted by atomic mass is 35.5. The van der Waals surface area contributed by atoms with Gasteiger partial charge in [-0.25, -0.2) is 0 Å². The summed E-state index contributed by atoms with van der Waals surface area (Å²) in [6, 6.07) is 14.8. The molecule has 2 aromatic rings. The van der Waals surface area contributed by atoms with Crippen LogP contribution in [0.1, 0.15) is 28.7 Å². The van der Waals surface area contributed by atoms with E-state index < -0.39 is 0 Å². The summed E-state index contributed by atoms with van der Waals surface area (Å²) in [5, 5.41) is 0.793. The predicted molar refractivity (Wildman–Crippen MR) is 86.2 cm³/mol. The summed E-state index contributed by atoms with van der Waals surface area (Å²) in [5.74, 6) is 7.24. The predicted octanol–water partition coefficient (Wildman–Crippen LogP) is 4.04. The molecule has 2 nitrogen and oxygen atoms in total. The molecule has 0 fully saturated rings. The highest BCUT2D eigenvalue weighted by Gasteiger charge is 2.30.